The summed E-state index contributed by atoms with van der Waals surface area (Å²) in [6.45, 7) is 9.41. The summed E-state index contributed by atoms with van der Waals surface area (Å²) in [6.07, 6.45) is 0. The summed E-state index contributed by atoms with van der Waals surface area (Å²) in [6, 6.07) is 3.80. The van der Waals surface area contributed by atoms with Gasteiger partial charge in [0, 0.05) is 13.1 Å². The Bertz CT molecular complexity index is 447. The number of primary amides is 1. The van der Waals surface area contributed by atoms with Crippen LogP contribution in [0.2, 0.25) is 0 Å². The average molecular weight is 281 g/mol. The van der Waals surface area contributed by atoms with E-state index in [-0.39, 0.29) is 5.82 Å². The Kier molecular flexibility index (Phi) is 6.61. The molecule has 4 nitrogen and oxygen atoms in total. The fourth-order valence-electron chi connectivity index (χ4n) is 2.23. The highest BCUT2D eigenvalue weighted by Crippen LogP contribution is 2.18. The Balaban J connectivity index is 2.72. The van der Waals surface area contributed by atoms with Crippen molar-refractivity contribution in [3.05, 3.63) is 35.1 Å². The Morgan fingerprint density at radius 2 is 2.05 bits per heavy atom. The quantitative estimate of drug-likeness (QED) is 0.761. The number of halogens is 1. The summed E-state index contributed by atoms with van der Waals surface area (Å²) >= 11 is 0. The lowest BCUT2D eigenvalue weighted by Crippen LogP contribution is -2.39. The predicted molar refractivity (Wildman–Crippen MR) is 78.9 cm³/mol. The zero-order valence-corrected chi connectivity index (χ0v) is 12.4. The van der Waals surface area contributed by atoms with Crippen LogP contribution in [-0.4, -0.2) is 37.0 Å². The molecule has 112 valence electrons. The van der Waals surface area contributed by atoms with Gasteiger partial charge in [0.2, 0.25) is 5.91 Å². The molecule has 1 aromatic rings. The lowest BCUT2D eigenvalue weighted by Gasteiger charge is -2.22. The first kappa shape index (κ1) is 16.6. The first-order chi connectivity index (χ1) is 9.49. The molecule has 1 unspecified atom stereocenters. The average Bonchev–Trinajstić information content (AvgIpc) is 2.40. The van der Waals surface area contributed by atoms with Gasteiger partial charge in [-0.15, -0.1) is 0 Å². The molecule has 0 fully saturated rings. The topological polar surface area (TPSA) is 58.4 Å². The fraction of sp³-hybridized carbons (Fsp3) is 0.533. The molecule has 1 rings (SSSR count). The number of amides is 1. The van der Waals surface area contributed by atoms with Gasteiger partial charge in [0.25, 0.3) is 0 Å². The number of hydrogen-bond donors (Lipinski definition) is 2. The van der Waals surface area contributed by atoms with Crippen molar-refractivity contribution < 1.29 is 9.18 Å². The van der Waals surface area contributed by atoms with Gasteiger partial charge in [0.1, 0.15) is 11.9 Å². The third-order valence-electron chi connectivity index (χ3n) is 3.50. The van der Waals surface area contributed by atoms with E-state index < -0.39 is 11.9 Å². The van der Waals surface area contributed by atoms with Crippen LogP contribution in [0.1, 0.15) is 31.0 Å². The first-order valence-electron chi connectivity index (χ1n) is 7.00. The number of aryl methyl sites for hydroxylation is 1. The van der Waals surface area contributed by atoms with Crippen LogP contribution in [0.15, 0.2) is 18.2 Å². The Morgan fingerprint density at radius 1 is 1.40 bits per heavy atom. The molecule has 0 aromatic heterocycles. The number of nitrogens with zero attached hydrogens (tertiary/aromatic N) is 1. The van der Waals surface area contributed by atoms with Gasteiger partial charge in [0.05, 0.1) is 0 Å². The molecular formula is C15H24FN3O. The maximum atomic E-state index is 13.1. The smallest absolute Gasteiger partial charge is 0.239 e. The molecule has 0 spiro atoms. The lowest BCUT2D eigenvalue weighted by atomic mass is 10.0. The normalized spacial score (nSPS) is 12.7. The maximum absolute atomic E-state index is 13.1. The largest absolute Gasteiger partial charge is 0.368 e. The van der Waals surface area contributed by atoms with Crippen molar-refractivity contribution in [3.8, 4) is 0 Å². The van der Waals surface area contributed by atoms with Crippen molar-refractivity contribution in [1.82, 2.24) is 10.2 Å². The summed E-state index contributed by atoms with van der Waals surface area (Å²) in [5, 5.41) is 3.16. The zero-order chi connectivity index (χ0) is 15.1. The lowest BCUT2D eigenvalue weighted by molar-refractivity contribution is -0.120. The van der Waals surface area contributed by atoms with Gasteiger partial charge >= 0.3 is 0 Å². The van der Waals surface area contributed by atoms with E-state index in [9.17, 15) is 9.18 Å². The number of likely N-dealkylation sites (N-methyl/N-ethyl adjacent to an activating group) is 1. The molecule has 0 saturated carbocycles. The molecule has 0 aliphatic heterocycles. The molecule has 3 N–H and O–H groups in total. The predicted octanol–water partition coefficient (Wildman–Crippen LogP) is 1.59. The van der Waals surface area contributed by atoms with Crippen LogP contribution >= 0.6 is 0 Å². The Hall–Kier alpha value is -1.46. The SMILES string of the molecule is CCN(CC)CCNC(C(N)=O)c1ccc(F)cc1C. The minimum Gasteiger partial charge on any atom is -0.368 e. The molecule has 1 atom stereocenters. The standard InChI is InChI=1S/C15H24FN3O/c1-4-19(5-2)9-8-18-14(15(17)20)13-7-6-12(16)10-11(13)3/h6-7,10,14,18H,4-5,8-9H2,1-3H3,(H2,17,20). The number of nitrogens with one attached hydrogen (secondary N) is 1. The van der Waals surface area contributed by atoms with Crippen molar-refractivity contribution in [2.45, 2.75) is 26.8 Å². The molecule has 0 saturated heterocycles. The third kappa shape index (κ3) is 4.58. The maximum Gasteiger partial charge on any atom is 0.239 e. The van der Waals surface area contributed by atoms with E-state index in [2.05, 4.69) is 24.1 Å². The second-order valence-corrected chi connectivity index (χ2v) is 4.82. The second-order valence-electron chi connectivity index (χ2n) is 4.82. The van der Waals surface area contributed by atoms with E-state index in [0.29, 0.717) is 6.54 Å². The van der Waals surface area contributed by atoms with Crippen molar-refractivity contribution in [2.24, 2.45) is 5.73 Å². The Morgan fingerprint density at radius 3 is 2.55 bits per heavy atom. The van der Waals surface area contributed by atoms with Crippen molar-refractivity contribution >= 4 is 5.91 Å². The highest BCUT2D eigenvalue weighted by molar-refractivity contribution is 5.81. The summed E-state index contributed by atoms with van der Waals surface area (Å²) in [5.41, 5.74) is 6.91. The monoisotopic (exact) mass is 281 g/mol. The zero-order valence-electron chi connectivity index (χ0n) is 12.4. The van der Waals surface area contributed by atoms with Gasteiger partial charge < -0.3 is 16.0 Å². The molecule has 0 aliphatic rings. The Labute approximate surface area is 120 Å². The van der Waals surface area contributed by atoms with Gasteiger partial charge in [-0.05, 0) is 43.3 Å². The minimum atomic E-state index is -0.578. The van der Waals surface area contributed by atoms with Crippen molar-refractivity contribution in [1.29, 1.82) is 0 Å². The summed E-state index contributed by atoms with van der Waals surface area (Å²) < 4.78 is 13.1. The molecule has 1 aromatic carbocycles. The van der Waals surface area contributed by atoms with Crippen LogP contribution < -0.4 is 11.1 Å². The summed E-state index contributed by atoms with van der Waals surface area (Å²) in [5.74, 6) is -0.753. The third-order valence-corrected chi connectivity index (χ3v) is 3.50. The van der Waals surface area contributed by atoms with Gasteiger partial charge in [0.15, 0.2) is 0 Å². The highest BCUT2D eigenvalue weighted by Gasteiger charge is 2.19. The summed E-state index contributed by atoms with van der Waals surface area (Å²) in [7, 11) is 0. The van der Waals surface area contributed by atoms with E-state index in [1.54, 1.807) is 13.0 Å². The van der Waals surface area contributed by atoms with Gasteiger partial charge in [-0.2, -0.15) is 0 Å². The van der Waals surface area contributed by atoms with Gasteiger partial charge in [-0.3, -0.25) is 4.79 Å². The second kappa shape index (κ2) is 7.97. The number of carbonyl (C=O) groups is 1. The molecule has 0 radical (unpaired) electrons. The van der Waals surface area contributed by atoms with Crippen molar-refractivity contribution in [2.75, 3.05) is 26.2 Å². The number of benzene rings is 1. The molecule has 0 heterocycles. The minimum absolute atomic E-state index is 0.308. The summed E-state index contributed by atoms with van der Waals surface area (Å²) in [4.78, 5) is 13.9. The van der Waals surface area contributed by atoms with Crippen LogP contribution in [-0.2, 0) is 4.79 Å². The molecule has 20 heavy (non-hydrogen) atoms. The van der Waals surface area contributed by atoms with Crippen LogP contribution in [0.5, 0.6) is 0 Å². The van der Waals surface area contributed by atoms with Crippen LogP contribution in [0, 0.1) is 12.7 Å². The van der Waals surface area contributed by atoms with Crippen LogP contribution in [0.25, 0.3) is 0 Å². The number of hydrogen-bond acceptors (Lipinski definition) is 3. The number of carbonyl (C=O) groups excluding carboxylic acids is 1. The molecule has 5 heteroatoms. The van der Waals surface area contributed by atoms with E-state index >= 15 is 0 Å². The molecule has 1 amide bonds. The fourth-order valence-corrected chi connectivity index (χ4v) is 2.23. The van der Waals surface area contributed by atoms with Crippen molar-refractivity contribution in [3.63, 3.8) is 0 Å². The molecular weight excluding hydrogens is 257 g/mol. The number of nitrogens with two attached hydrogens (primary N) is 1. The molecule has 0 bridgehead atoms. The van der Waals surface area contributed by atoms with Crippen LogP contribution in [0.3, 0.4) is 0 Å². The van der Waals surface area contributed by atoms with Crippen LogP contribution in [0.4, 0.5) is 4.39 Å². The van der Waals surface area contributed by atoms with E-state index in [1.807, 2.05) is 0 Å². The first-order valence-corrected chi connectivity index (χ1v) is 7.00. The van der Waals surface area contributed by atoms with Gasteiger partial charge in [-0.1, -0.05) is 19.9 Å². The van der Waals surface area contributed by atoms with E-state index in [4.69, 9.17) is 5.73 Å². The molecule has 0 aliphatic carbocycles. The van der Waals surface area contributed by atoms with Gasteiger partial charge in [-0.25, -0.2) is 4.39 Å². The highest BCUT2D eigenvalue weighted by atomic mass is 19.1. The number of rotatable bonds is 8. The van der Waals surface area contributed by atoms with E-state index in [0.717, 1.165) is 30.8 Å². The van der Waals surface area contributed by atoms with E-state index in [1.165, 1.54) is 12.1 Å².